The Morgan fingerprint density at radius 3 is 1.13 bits per heavy atom. The molecule has 0 aliphatic carbocycles. The molecule has 0 saturated heterocycles. The molecule has 1 unspecified atom stereocenters. The fourth-order valence-electron chi connectivity index (χ4n) is 7.05. The molecule has 6 nitrogen and oxygen atoms in total. The molecule has 0 heterocycles. The molecule has 378 valence electrons. The van der Waals surface area contributed by atoms with Crippen molar-refractivity contribution >= 4 is 17.9 Å². The maximum absolute atomic E-state index is 12.8. The summed E-state index contributed by atoms with van der Waals surface area (Å²) in [4.78, 5) is 38.0. The fourth-order valence-corrected chi connectivity index (χ4v) is 7.05. The molecular formula is C61H98O6. The Morgan fingerprint density at radius 2 is 0.672 bits per heavy atom. The highest BCUT2D eigenvalue weighted by Crippen LogP contribution is 2.14. The van der Waals surface area contributed by atoms with Gasteiger partial charge >= 0.3 is 17.9 Å². The molecule has 6 heteroatoms. The highest BCUT2D eigenvalue weighted by Gasteiger charge is 2.19. The Balaban J connectivity index is 4.48. The quantitative estimate of drug-likeness (QED) is 0.0199. The third-order valence-electron chi connectivity index (χ3n) is 11.1. The van der Waals surface area contributed by atoms with Gasteiger partial charge in [-0.1, -0.05) is 232 Å². The first-order chi connectivity index (χ1) is 33.0. The Labute approximate surface area is 412 Å². The van der Waals surface area contributed by atoms with Crippen LogP contribution in [0.25, 0.3) is 0 Å². The van der Waals surface area contributed by atoms with Crippen LogP contribution in [-0.2, 0) is 28.6 Å². The van der Waals surface area contributed by atoms with E-state index in [2.05, 4.69) is 87.6 Å². The van der Waals surface area contributed by atoms with E-state index in [9.17, 15) is 14.4 Å². The van der Waals surface area contributed by atoms with Gasteiger partial charge in [0, 0.05) is 19.3 Å². The summed E-state index contributed by atoms with van der Waals surface area (Å²) >= 11 is 0. The van der Waals surface area contributed by atoms with Crippen molar-refractivity contribution in [3.8, 4) is 0 Å². The Morgan fingerprint density at radius 1 is 0.328 bits per heavy atom. The molecule has 0 bridgehead atoms. The van der Waals surface area contributed by atoms with Gasteiger partial charge in [0.25, 0.3) is 0 Å². The van der Waals surface area contributed by atoms with Crippen molar-refractivity contribution in [2.24, 2.45) is 0 Å². The zero-order valence-electron chi connectivity index (χ0n) is 43.1. The minimum Gasteiger partial charge on any atom is -0.462 e. The average Bonchev–Trinajstić information content (AvgIpc) is 3.33. The number of carbonyl (C=O) groups is 3. The molecule has 0 aliphatic rings. The second-order valence-corrected chi connectivity index (χ2v) is 17.5. The number of unbranched alkanes of at least 4 members (excludes halogenated alkanes) is 20. The molecule has 0 saturated carbocycles. The van der Waals surface area contributed by atoms with Crippen LogP contribution in [0.3, 0.4) is 0 Å². The Bertz CT molecular complexity index is 1440. The molecule has 0 radical (unpaired) electrons. The van der Waals surface area contributed by atoms with Gasteiger partial charge in [0.2, 0.25) is 0 Å². The molecule has 1 atom stereocenters. The van der Waals surface area contributed by atoms with Crippen LogP contribution in [0.5, 0.6) is 0 Å². The molecule has 0 fully saturated rings. The molecule has 0 aromatic rings. The van der Waals surface area contributed by atoms with E-state index in [0.29, 0.717) is 19.3 Å². The van der Waals surface area contributed by atoms with E-state index >= 15 is 0 Å². The van der Waals surface area contributed by atoms with Crippen LogP contribution in [0.4, 0.5) is 0 Å². The molecule has 0 amide bonds. The number of ether oxygens (including phenoxy) is 3. The fraction of sp³-hybridized carbons (Fsp3) is 0.623. The van der Waals surface area contributed by atoms with Gasteiger partial charge in [-0.2, -0.15) is 0 Å². The van der Waals surface area contributed by atoms with Gasteiger partial charge < -0.3 is 14.2 Å². The van der Waals surface area contributed by atoms with E-state index in [0.717, 1.165) is 89.9 Å². The number of allylic oxidation sites excluding steroid dienone is 20. The molecule has 0 aliphatic heterocycles. The topological polar surface area (TPSA) is 78.9 Å². The standard InChI is InChI=1S/C61H98O6/c1-4-7-10-13-16-19-22-25-27-29-30-32-33-36-39-42-45-48-51-54-60(63)66-57-58(56-65-59(62)53-50-47-44-41-38-35-24-21-18-15-12-9-6-3)67-61(64)55-52-49-46-43-40-37-34-31-28-26-23-20-17-14-11-8-5-2/h7,9-10,12,15-21,24-28,35,38,41,44,58H,4-6,8,11,13-14,22-23,29-34,36-37,39-40,42-43,45-57H2,1-3H3/b10-7-,12-9-,18-15-,19-16-,20-17-,24-21-,27-25-,28-26-,38-35-,44-41-. The number of hydrogen-bond donors (Lipinski definition) is 0. The van der Waals surface area contributed by atoms with Crippen molar-refractivity contribution in [1.82, 2.24) is 0 Å². The number of carbonyl (C=O) groups excluding carboxylic acids is 3. The lowest BCUT2D eigenvalue weighted by atomic mass is 10.1. The molecule has 0 spiro atoms. The van der Waals surface area contributed by atoms with E-state index in [4.69, 9.17) is 14.2 Å². The van der Waals surface area contributed by atoms with Crippen LogP contribution in [-0.4, -0.2) is 37.2 Å². The summed E-state index contributed by atoms with van der Waals surface area (Å²) in [5.41, 5.74) is 0. The van der Waals surface area contributed by atoms with Crippen LogP contribution in [0, 0.1) is 0 Å². The lowest BCUT2D eigenvalue weighted by Crippen LogP contribution is -2.30. The van der Waals surface area contributed by atoms with Gasteiger partial charge in [-0.3, -0.25) is 14.4 Å². The second kappa shape index (κ2) is 54.4. The van der Waals surface area contributed by atoms with Gasteiger partial charge in [-0.25, -0.2) is 0 Å². The third kappa shape index (κ3) is 52.6. The molecule has 0 aromatic carbocycles. The number of rotatable bonds is 47. The average molecular weight is 927 g/mol. The van der Waals surface area contributed by atoms with Crippen molar-refractivity contribution in [1.29, 1.82) is 0 Å². The maximum Gasteiger partial charge on any atom is 0.306 e. The minimum absolute atomic E-state index is 0.110. The van der Waals surface area contributed by atoms with Crippen molar-refractivity contribution in [3.63, 3.8) is 0 Å². The van der Waals surface area contributed by atoms with E-state index < -0.39 is 6.10 Å². The summed E-state index contributed by atoms with van der Waals surface area (Å²) in [5, 5.41) is 0. The third-order valence-corrected chi connectivity index (χ3v) is 11.1. The summed E-state index contributed by atoms with van der Waals surface area (Å²) in [7, 11) is 0. The van der Waals surface area contributed by atoms with Gasteiger partial charge in [0.05, 0.1) is 0 Å². The lowest BCUT2D eigenvalue weighted by molar-refractivity contribution is -0.167. The minimum atomic E-state index is -0.817. The van der Waals surface area contributed by atoms with Crippen molar-refractivity contribution < 1.29 is 28.6 Å². The summed E-state index contributed by atoms with van der Waals surface area (Å²) in [5.74, 6) is -1.00. The Kier molecular flexibility index (Phi) is 51.0. The first-order valence-corrected chi connectivity index (χ1v) is 27.1. The first kappa shape index (κ1) is 62.8. The Hall–Kier alpha value is -4.19. The van der Waals surface area contributed by atoms with Crippen molar-refractivity contribution in [3.05, 3.63) is 122 Å². The number of esters is 3. The van der Waals surface area contributed by atoms with Crippen LogP contribution >= 0.6 is 0 Å². The van der Waals surface area contributed by atoms with E-state index in [1.807, 2.05) is 54.7 Å². The first-order valence-electron chi connectivity index (χ1n) is 27.1. The second-order valence-electron chi connectivity index (χ2n) is 17.5. The lowest BCUT2D eigenvalue weighted by Gasteiger charge is -2.18. The normalized spacial score (nSPS) is 13.1. The molecule has 0 aromatic heterocycles. The predicted molar refractivity (Wildman–Crippen MR) is 288 cm³/mol. The molecule has 67 heavy (non-hydrogen) atoms. The van der Waals surface area contributed by atoms with Crippen molar-refractivity contribution in [2.75, 3.05) is 13.2 Å². The van der Waals surface area contributed by atoms with Crippen LogP contribution in [0.2, 0.25) is 0 Å². The van der Waals surface area contributed by atoms with E-state index in [1.54, 1.807) is 0 Å². The van der Waals surface area contributed by atoms with Gasteiger partial charge in [-0.15, -0.1) is 0 Å². The molecular weight excluding hydrogens is 829 g/mol. The van der Waals surface area contributed by atoms with Crippen LogP contribution in [0.15, 0.2) is 122 Å². The van der Waals surface area contributed by atoms with Crippen molar-refractivity contribution in [2.45, 2.75) is 232 Å². The molecule has 0 N–H and O–H groups in total. The smallest absolute Gasteiger partial charge is 0.306 e. The van der Waals surface area contributed by atoms with Gasteiger partial charge in [-0.05, 0) is 96.3 Å². The highest BCUT2D eigenvalue weighted by atomic mass is 16.6. The van der Waals surface area contributed by atoms with Crippen LogP contribution in [0.1, 0.15) is 226 Å². The predicted octanol–water partition coefficient (Wildman–Crippen LogP) is 18.1. The van der Waals surface area contributed by atoms with Gasteiger partial charge in [0.15, 0.2) is 6.10 Å². The summed E-state index contributed by atoms with van der Waals surface area (Å²) < 4.78 is 16.8. The molecule has 0 rings (SSSR count). The van der Waals surface area contributed by atoms with Gasteiger partial charge in [0.1, 0.15) is 13.2 Å². The van der Waals surface area contributed by atoms with E-state index in [-0.39, 0.29) is 37.5 Å². The zero-order chi connectivity index (χ0) is 48.6. The monoisotopic (exact) mass is 927 g/mol. The largest absolute Gasteiger partial charge is 0.462 e. The van der Waals surface area contributed by atoms with E-state index in [1.165, 1.54) is 89.9 Å². The maximum atomic E-state index is 12.8. The summed E-state index contributed by atoms with van der Waals surface area (Å²) in [6, 6.07) is 0. The SMILES string of the molecule is CC\C=C/C=C\C=C/C=C\C=C/CCCC(=O)OCC(COC(=O)CCCCCCCCCCC/C=C\C/C=C\C/C=C\CC)OC(=O)CCCCCCCCC/C=C\C/C=C\CCCCC. The highest BCUT2D eigenvalue weighted by molar-refractivity contribution is 5.71. The number of hydrogen-bond acceptors (Lipinski definition) is 6. The van der Waals surface area contributed by atoms with Crippen LogP contribution < -0.4 is 0 Å². The summed E-state index contributed by atoms with van der Waals surface area (Å²) in [6.45, 7) is 6.28. The summed E-state index contributed by atoms with van der Waals surface area (Å²) in [6.07, 6.45) is 74.8. The zero-order valence-corrected chi connectivity index (χ0v) is 43.1.